The molecule has 1 aromatic heterocycles. The van der Waals surface area contributed by atoms with Crippen LogP contribution in [0.4, 0.5) is 0 Å². The number of carboxylic acid groups (broad SMARTS) is 1. The second-order valence-electron chi connectivity index (χ2n) is 4.27. The zero-order valence-corrected chi connectivity index (χ0v) is 10.9. The number of hydrogen-bond acceptors (Lipinski definition) is 3. The number of thioether (sulfide) groups is 1. The number of allylic oxidation sites excluding steroid dienone is 1. The predicted molar refractivity (Wildman–Crippen MR) is 75.0 cm³/mol. The Morgan fingerprint density at radius 2 is 2.32 bits per heavy atom. The van der Waals surface area contributed by atoms with E-state index in [0.717, 1.165) is 17.7 Å². The molecule has 4 nitrogen and oxygen atoms in total. The van der Waals surface area contributed by atoms with Crippen LogP contribution in [0.5, 0.6) is 0 Å². The van der Waals surface area contributed by atoms with Crippen molar-refractivity contribution < 1.29 is 9.90 Å². The molecule has 1 aromatic carbocycles. The van der Waals surface area contributed by atoms with Crippen molar-refractivity contribution in [1.29, 1.82) is 0 Å². The van der Waals surface area contributed by atoms with E-state index in [0.29, 0.717) is 5.37 Å². The number of aromatic nitrogens is 2. The first-order valence-corrected chi connectivity index (χ1v) is 6.88. The lowest BCUT2D eigenvalue weighted by Crippen LogP contribution is -2.02. The van der Waals surface area contributed by atoms with Crippen molar-refractivity contribution in [3.8, 4) is 11.3 Å². The molecule has 19 heavy (non-hydrogen) atoms. The van der Waals surface area contributed by atoms with E-state index in [4.69, 9.17) is 5.11 Å². The third kappa shape index (κ3) is 2.42. The van der Waals surface area contributed by atoms with Gasteiger partial charge in [-0.05, 0) is 30.0 Å². The summed E-state index contributed by atoms with van der Waals surface area (Å²) in [6.45, 7) is 0. The van der Waals surface area contributed by atoms with Gasteiger partial charge in [-0.3, -0.25) is 4.68 Å². The zero-order chi connectivity index (χ0) is 13.2. The second-order valence-corrected chi connectivity index (χ2v) is 5.35. The Bertz CT molecular complexity index is 640. The molecule has 96 valence electrons. The highest BCUT2D eigenvalue weighted by Crippen LogP contribution is 2.33. The number of nitrogens with zero attached hydrogens (tertiary/aromatic N) is 2. The van der Waals surface area contributed by atoms with Gasteiger partial charge in [-0.2, -0.15) is 5.10 Å². The maximum Gasteiger partial charge on any atom is 0.335 e. The molecule has 3 rings (SSSR count). The lowest BCUT2D eigenvalue weighted by atomic mass is 10.1. The Balaban J connectivity index is 1.90. The Kier molecular flexibility index (Phi) is 3.13. The molecule has 0 amide bonds. The fraction of sp³-hybridized carbons (Fsp3) is 0.143. The van der Waals surface area contributed by atoms with Crippen molar-refractivity contribution in [2.45, 2.75) is 11.8 Å². The molecule has 0 spiro atoms. The number of benzene rings is 1. The minimum atomic E-state index is -0.920. The molecule has 2 aromatic rings. The molecule has 2 heterocycles. The molecule has 5 heteroatoms. The average Bonchev–Trinajstić information content (AvgIpc) is 3.09. The molecular weight excluding hydrogens is 260 g/mol. The Morgan fingerprint density at radius 1 is 1.42 bits per heavy atom. The molecule has 1 unspecified atom stereocenters. The third-order valence-electron chi connectivity index (χ3n) is 2.98. The first-order valence-electron chi connectivity index (χ1n) is 5.93. The summed E-state index contributed by atoms with van der Waals surface area (Å²) in [4.78, 5) is 11.0. The van der Waals surface area contributed by atoms with Crippen LogP contribution in [0.25, 0.3) is 11.3 Å². The van der Waals surface area contributed by atoms with Crippen LogP contribution in [0, 0.1) is 0 Å². The normalized spacial score (nSPS) is 17.8. The van der Waals surface area contributed by atoms with Crippen molar-refractivity contribution in [2.75, 3.05) is 0 Å². The highest BCUT2D eigenvalue weighted by Gasteiger charge is 2.15. The largest absolute Gasteiger partial charge is 0.478 e. The van der Waals surface area contributed by atoms with E-state index in [-0.39, 0.29) is 5.56 Å². The van der Waals surface area contributed by atoms with E-state index in [2.05, 4.69) is 16.6 Å². The summed E-state index contributed by atoms with van der Waals surface area (Å²) in [5.41, 5.74) is 1.91. The highest BCUT2D eigenvalue weighted by atomic mass is 32.2. The fourth-order valence-electron chi connectivity index (χ4n) is 2.01. The van der Waals surface area contributed by atoms with Gasteiger partial charge in [0.2, 0.25) is 0 Å². The Hall–Kier alpha value is -2.01. The minimum absolute atomic E-state index is 0.281. The van der Waals surface area contributed by atoms with Gasteiger partial charge < -0.3 is 5.11 Å². The summed E-state index contributed by atoms with van der Waals surface area (Å²) in [5.74, 6) is -0.920. The molecule has 1 atom stereocenters. The lowest BCUT2D eigenvalue weighted by molar-refractivity contribution is 0.0697. The number of rotatable bonds is 3. The summed E-state index contributed by atoms with van der Waals surface area (Å²) in [6, 6.07) is 8.76. The van der Waals surface area contributed by atoms with Crippen LogP contribution in [-0.2, 0) is 0 Å². The van der Waals surface area contributed by atoms with E-state index in [1.54, 1.807) is 30.0 Å². The fourth-order valence-corrected chi connectivity index (χ4v) is 2.88. The number of aromatic carboxylic acids is 1. The van der Waals surface area contributed by atoms with Gasteiger partial charge in [-0.15, -0.1) is 11.8 Å². The Labute approximate surface area is 114 Å². The van der Waals surface area contributed by atoms with Crippen molar-refractivity contribution in [1.82, 2.24) is 9.78 Å². The van der Waals surface area contributed by atoms with Crippen LogP contribution in [0.3, 0.4) is 0 Å². The van der Waals surface area contributed by atoms with Crippen LogP contribution < -0.4 is 0 Å². The first kappa shape index (κ1) is 12.0. The van der Waals surface area contributed by atoms with E-state index in [9.17, 15) is 4.79 Å². The molecule has 0 saturated carbocycles. The van der Waals surface area contributed by atoms with E-state index >= 15 is 0 Å². The third-order valence-corrected chi connectivity index (χ3v) is 4.05. The highest BCUT2D eigenvalue weighted by molar-refractivity contribution is 8.02. The van der Waals surface area contributed by atoms with Crippen molar-refractivity contribution in [2.24, 2.45) is 0 Å². The topological polar surface area (TPSA) is 55.1 Å². The monoisotopic (exact) mass is 272 g/mol. The summed E-state index contributed by atoms with van der Waals surface area (Å²) in [6.07, 6.45) is 5.04. The number of carboxylic acids is 1. The average molecular weight is 272 g/mol. The van der Waals surface area contributed by atoms with Gasteiger partial charge in [0.15, 0.2) is 0 Å². The van der Waals surface area contributed by atoms with Crippen molar-refractivity contribution in [3.05, 3.63) is 53.6 Å². The van der Waals surface area contributed by atoms with Gasteiger partial charge in [0.25, 0.3) is 0 Å². The van der Waals surface area contributed by atoms with E-state index < -0.39 is 5.97 Å². The van der Waals surface area contributed by atoms with Crippen LogP contribution >= 0.6 is 11.8 Å². The molecule has 1 N–H and O–H groups in total. The lowest BCUT2D eigenvalue weighted by Gasteiger charge is -2.08. The Morgan fingerprint density at radius 3 is 3.05 bits per heavy atom. The molecule has 0 radical (unpaired) electrons. The van der Waals surface area contributed by atoms with Gasteiger partial charge in [0, 0.05) is 11.8 Å². The van der Waals surface area contributed by atoms with Gasteiger partial charge in [-0.1, -0.05) is 18.2 Å². The summed E-state index contributed by atoms with van der Waals surface area (Å²) in [5, 5.41) is 15.9. The molecule has 1 aliphatic rings. The number of hydrogen-bond donors (Lipinski definition) is 1. The van der Waals surface area contributed by atoms with Gasteiger partial charge >= 0.3 is 5.97 Å². The number of carbonyl (C=O) groups is 1. The van der Waals surface area contributed by atoms with Crippen LogP contribution in [0.2, 0.25) is 0 Å². The van der Waals surface area contributed by atoms with Crippen molar-refractivity contribution >= 4 is 17.7 Å². The molecule has 0 fully saturated rings. The minimum Gasteiger partial charge on any atom is -0.478 e. The molecule has 0 saturated heterocycles. The standard InChI is InChI=1S/C14H12N2O2S/c17-14(18)11-4-1-3-10(9-11)12-6-7-16(15-12)13-5-2-8-19-13/h1-4,6-9,13H,5H2,(H,17,18). The van der Waals surface area contributed by atoms with Crippen LogP contribution in [0.15, 0.2) is 48.0 Å². The van der Waals surface area contributed by atoms with Crippen molar-refractivity contribution in [3.63, 3.8) is 0 Å². The van der Waals surface area contributed by atoms with Crippen LogP contribution in [0.1, 0.15) is 22.2 Å². The van der Waals surface area contributed by atoms with E-state index in [1.807, 2.05) is 23.0 Å². The summed E-state index contributed by atoms with van der Waals surface area (Å²) < 4.78 is 1.92. The van der Waals surface area contributed by atoms with Gasteiger partial charge in [-0.25, -0.2) is 4.79 Å². The summed E-state index contributed by atoms with van der Waals surface area (Å²) >= 11 is 1.74. The second kappa shape index (κ2) is 4.93. The molecule has 0 aliphatic carbocycles. The van der Waals surface area contributed by atoms with Crippen LogP contribution in [-0.4, -0.2) is 20.9 Å². The molecule has 0 bridgehead atoms. The maximum absolute atomic E-state index is 11.0. The van der Waals surface area contributed by atoms with E-state index in [1.165, 1.54) is 0 Å². The predicted octanol–water partition coefficient (Wildman–Crippen LogP) is 3.40. The quantitative estimate of drug-likeness (QED) is 0.930. The molecular formula is C14H12N2O2S. The van der Waals surface area contributed by atoms with Gasteiger partial charge in [0.1, 0.15) is 5.37 Å². The zero-order valence-electron chi connectivity index (χ0n) is 10.1. The SMILES string of the molecule is O=C(O)c1cccc(-c2ccn(C3CC=CS3)n2)c1. The molecule has 1 aliphatic heterocycles. The first-order chi connectivity index (χ1) is 9.24. The maximum atomic E-state index is 11.0. The summed E-state index contributed by atoms with van der Waals surface area (Å²) in [7, 11) is 0. The van der Waals surface area contributed by atoms with Gasteiger partial charge in [0.05, 0.1) is 11.3 Å². The smallest absolute Gasteiger partial charge is 0.335 e.